The summed E-state index contributed by atoms with van der Waals surface area (Å²) in [5, 5.41) is 20.2. The highest BCUT2D eigenvalue weighted by atomic mass is 19.3. The van der Waals surface area contributed by atoms with Gasteiger partial charge < -0.3 is 24.3 Å². The number of nitrogens with zero attached hydrogens (tertiary/aromatic N) is 1. The van der Waals surface area contributed by atoms with Gasteiger partial charge in [0.2, 0.25) is 0 Å². The number of rotatable bonds is 9. The monoisotopic (exact) mass is 532 g/mol. The Morgan fingerprint density at radius 2 is 2.08 bits per heavy atom. The lowest BCUT2D eigenvalue weighted by atomic mass is 9.86. The fourth-order valence-electron chi connectivity index (χ4n) is 4.10. The summed E-state index contributed by atoms with van der Waals surface area (Å²) in [4.78, 5) is 14.1. The van der Waals surface area contributed by atoms with E-state index >= 15 is 4.39 Å². The Morgan fingerprint density at radius 1 is 1.35 bits per heavy atom. The normalized spacial score (nSPS) is 30.2. The molecule has 37 heavy (non-hydrogen) atoms. The molecule has 1 saturated carbocycles. The van der Waals surface area contributed by atoms with Crippen LogP contribution < -0.4 is 9.47 Å². The first kappa shape index (κ1) is 13.2. The van der Waals surface area contributed by atoms with Crippen molar-refractivity contribution in [1.29, 1.82) is 0 Å². The van der Waals surface area contributed by atoms with E-state index in [4.69, 9.17) is 20.6 Å². The van der Waals surface area contributed by atoms with Crippen LogP contribution in [0.15, 0.2) is 36.3 Å². The van der Waals surface area contributed by atoms with Crippen LogP contribution in [0.2, 0.25) is 0 Å². The van der Waals surface area contributed by atoms with Crippen molar-refractivity contribution in [2.24, 2.45) is 0 Å². The van der Waals surface area contributed by atoms with Gasteiger partial charge in [-0.1, -0.05) is 26.7 Å². The number of hydrogen-bond acceptors (Lipinski definition) is 5. The lowest BCUT2D eigenvalue weighted by molar-refractivity contribution is -0.286. The number of aromatic nitrogens is 1. The second kappa shape index (κ2) is 8.77. The first-order valence-corrected chi connectivity index (χ1v) is 10.8. The molecule has 2 aromatic carbocycles. The molecule has 1 fully saturated rings. The molecule has 1 aromatic heterocycles. The van der Waals surface area contributed by atoms with Gasteiger partial charge in [-0.3, -0.25) is 4.79 Å². The molecule has 198 valence electrons. The highest BCUT2D eigenvalue weighted by Gasteiger charge is 2.52. The molecule has 2 heterocycles. The Kier molecular flexibility index (Phi) is 3.12. The van der Waals surface area contributed by atoms with Crippen LogP contribution in [0.1, 0.15) is 77.2 Å². The highest BCUT2D eigenvalue weighted by molar-refractivity contribution is 5.95. The smallest absolute Gasteiger partial charge is 0.395 e. The van der Waals surface area contributed by atoms with Crippen LogP contribution in [-0.4, -0.2) is 39.5 Å². The standard InChI is InChI=1S/C28H30F3NO5/c1-4-26(2,3)24-10-17-9-16(20(29)13-21(17)32(24)14-19(34)15-33)11-25(35)27(7-8-27)18-5-6-22-23(12-18)37-28(30,31)36-22/h5-6,9-10,12-13,19,33-34H,4,7-8,11,14-15H2,1-3H3/t19-/m0/s1/i2D3,4D2,5D,6D,7D2,8D2,12D,15D2,19D/t19-,26?. The maximum atomic E-state index is 16.0. The van der Waals surface area contributed by atoms with Gasteiger partial charge in [0, 0.05) is 35.3 Å². The first-order valence-electron chi connectivity index (χ1n) is 18.3. The quantitative estimate of drug-likeness (QED) is 0.406. The summed E-state index contributed by atoms with van der Waals surface area (Å²) in [6.45, 7) is -6.27. The molecule has 2 atom stereocenters. The fourth-order valence-corrected chi connectivity index (χ4v) is 4.10. The van der Waals surface area contributed by atoms with Gasteiger partial charge in [0.1, 0.15) is 11.6 Å². The molecule has 1 unspecified atom stereocenters. The van der Waals surface area contributed by atoms with Crippen LogP contribution in [0.5, 0.6) is 11.5 Å². The molecule has 2 N–H and O–H groups in total. The largest absolute Gasteiger partial charge is 0.586 e. The van der Waals surface area contributed by atoms with Gasteiger partial charge in [0.25, 0.3) is 0 Å². The van der Waals surface area contributed by atoms with Crippen LogP contribution in [0.25, 0.3) is 10.9 Å². The van der Waals surface area contributed by atoms with Gasteiger partial charge in [-0.25, -0.2) is 4.39 Å². The van der Waals surface area contributed by atoms with Gasteiger partial charge in [0.05, 0.1) is 38.3 Å². The van der Waals surface area contributed by atoms with E-state index in [9.17, 15) is 23.8 Å². The van der Waals surface area contributed by atoms with Crippen molar-refractivity contribution in [1.82, 2.24) is 4.57 Å². The van der Waals surface area contributed by atoms with Crippen molar-refractivity contribution in [3.8, 4) is 11.5 Å². The molecule has 1 aliphatic heterocycles. The lowest BCUT2D eigenvalue weighted by Crippen LogP contribution is -2.26. The van der Waals surface area contributed by atoms with Crippen LogP contribution >= 0.6 is 0 Å². The minimum Gasteiger partial charge on any atom is -0.395 e. The van der Waals surface area contributed by atoms with Crippen molar-refractivity contribution in [2.75, 3.05) is 6.56 Å². The summed E-state index contributed by atoms with van der Waals surface area (Å²) in [6.07, 6.45) is -18.2. The number of carbonyl (C=O) groups is 1. The van der Waals surface area contributed by atoms with E-state index in [0.717, 1.165) is 30.5 Å². The van der Waals surface area contributed by atoms with Gasteiger partial charge in [-0.2, -0.15) is 0 Å². The maximum absolute atomic E-state index is 16.0. The summed E-state index contributed by atoms with van der Waals surface area (Å²) in [5.74, 6) is -5.09. The number of Topliss-reactive ketones (excluding diaryl/α,β-unsaturated/α-hetero) is 1. The number of ether oxygens (including phenoxy) is 2. The molecule has 0 amide bonds. The summed E-state index contributed by atoms with van der Waals surface area (Å²) in [6, 6.07) is -1.13. The number of ketones is 1. The predicted octanol–water partition coefficient (Wildman–Crippen LogP) is 4.99. The Labute approximate surface area is 233 Å². The van der Waals surface area contributed by atoms with Crippen molar-refractivity contribution >= 4 is 16.7 Å². The fraction of sp³-hybridized carbons (Fsp3) is 0.464. The topological polar surface area (TPSA) is 80.9 Å². The summed E-state index contributed by atoms with van der Waals surface area (Å²) < 4.78 is 176. The zero-order valence-corrected chi connectivity index (χ0v) is 19.3. The van der Waals surface area contributed by atoms with Crippen LogP contribution in [0.4, 0.5) is 13.2 Å². The average molecular weight is 533 g/mol. The molecule has 9 heteroatoms. The first-order chi connectivity index (χ1) is 23.1. The third kappa shape index (κ3) is 4.48. The van der Waals surface area contributed by atoms with E-state index in [2.05, 4.69) is 9.47 Å². The minimum atomic E-state index is -4.42. The zero-order valence-electron chi connectivity index (χ0n) is 34.3. The van der Waals surface area contributed by atoms with E-state index in [1.807, 2.05) is 0 Å². The zero-order chi connectivity index (χ0) is 40.0. The third-order valence-electron chi connectivity index (χ3n) is 6.23. The molecule has 0 radical (unpaired) electrons. The molecule has 1 aliphatic carbocycles. The van der Waals surface area contributed by atoms with Crippen LogP contribution in [0, 0.1) is 5.82 Å². The van der Waals surface area contributed by atoms with E-state index in [0.29, 0.717) is 6.07 Å². The molecular weight excluding hydrogens is 487 g/mol. The van der Waals surface area contributed by atoms with Crippen molar-refractivity contribution in [2.45, 2.75) is 76.0 Å². The highest BCUT2D eigenvalue weighted by Crippen LogP contribution is 2.52. The van der Waals surface area contributed by atoms with E-state index in [-0.39, 0.29) is 10.9 Å². The number of halogens is 3. The average Bonchev–Trinajstić information content (AvgIpc) is 3.26. The number of benzene rings is 2. The second-order valence-electron chi connectivity index (χ2n) is 8.73. The molecular formula is C28H30F3NO5. The SMILES string of the molecule is [2H]c1c([2H])c(C2(C(=O)Cc3cc4cc(C(C)(C([2H])([2H])[2H])C([2H])([2H])C)n(C[C@]([2H])(O)C([2H])([2H])O)c4cc3F)C([2H])([2H])C2([2H])[2H])c([2H])c2c1OC(F)(F)O2. The Balaban J connectivity index is 1.72. The molecule has 5 rings (SSSR count). The van der Waals surface area contributed by atoms with Gasteiger partial charge in [0.15, 0.2) is 11.5 Å². The Bertz CT molecular complexity index is 1990. The number of fused-ring (bicyclic) bond motifs is 2. The number of carbonyl (C=O) groups excluding carboxylic acids is 1. The van der Waals surface area contributed by atoms with E-state index < -0.39 is 127 Å². The number of aliphatic hydroxyl groups is 2. The van der Waals surface area contributed by atoms with Gasteiger partial charge in [-0.15, -0.1) is 8.78 Å². The van der Waals surface area contributed by atoms with Crippen LogP contribution in [-0.2, 0) is 28.6 Å². The summed E-state index contributed by atoms with van der Waals surface area (Å²) in [7, 11) is 0. The number of alkyl halides is 2. The molecule has 6 nitrogen and oxygen atoms in total. The second-order valence-corrected chi connectivity index (χ2v) is 8.73. The molecule has 3 aromatic rings. The molecule has 2 aliphatic rings. The summed E-state index contributed by atoms with van der Waals surface area (Å²) in [5.41, 5.74) is -8.39. The maximum Gasteiger partial charge on any atom is 0.586 e. The minimum absolute atomic E-state index is 0.204. The van der Waals surface area contributed by atoms with E-state index in [1.54, 1.807) is 0 Å². The lowest BCUT2D eigenvalue weighted by Gasteiger charge is -2.26. The Morgan fingerprint density at radius 3 is 2.73 bits per heavy atom. The molecule has 0 spiro atoms. The molecule has 0 bridgehead atoms. The Hall–Kier alpha value is -3.04. The number of hydrogen-bond donors (Lipinski definition) is 2. The summed E-state index contributed by atoms with van der Waals surface area (Å²) >= 11 is 0. The van der Waals surface area contributed by atoms with Crippen LogP contribution in [0.3, 0.4) is 0 Å². The third-order valence-corrected chi connectivity index (χ3v) is 6.23. The molecule has 0 saturated heterocycles. The van der Waals surface area contributed by atoms with Crippen molar-refractivity contribution in [3.05, 3.63) is 59.0 Å². The van der Waals surface area contributed by atoms with Crippen molar-refractivity contribution in [3.63, 3.8) is 0 Å². The van der Waals surface area contributed by atoms with Gasteiger partial charge in [-0.05, 0) is 60.5 Å². The van der Waals surface area contributed by atoms with E-state index in [1.165, 1.54) is 0 Å². The predicted molar refractivity (Wildman–Crippen MR) is 131 cm³/mol. The van der Waals surface area contributed by atoms with Gasteiger partial charge >= 0.3 is 6.29 Å². The van der Waals surface area contributed by atoms with Crippen molar-refractivity contribution < 1.29 is 58.2 Å².